The maximum atomic E-state index is 10.8. The Morgan fingerprint density at radius 3 is 1.52 bits per heavy atom. The van der Waals surface area contributed by atoms with Crippen LogP contribution in [0.2, 0.25) is 0 Å². The highest BCUT2D eigenvalue weighted by Gasteiger charge is 2.64. The number of hydrogen-bond acceptors (Lipinski definition) is 2. The van der Waals surface area contributed by atoms with E-state index in [0.717, 1.165) is 25.7 Å². The fourth-order valence-electron chi connectivity index (χ4n) is 6.35. The van der Waals surface area contributed by atoms with E-state index < -0.39 is 5.60 Å². The predicted molar refractivity (Wildman–Crippen MR) is 86.1 cm³/mol. The maximum Gasteiger partial charge on any atom is 0.0630 e. The van der Waals surface area contributed by atoms with Gasteiger partial charge in [0.05, 0.1) is 11.7 Å². The lowest BCUT2D eigenvalue weighted by Gasteiger charge is -2.41. The van der Waals surface area contributed by atoms with Crippen LogP contribution in [0.3, 0.4) is 0 Å². The van der Waals surface area contributed by atoms with E-state index in [2.05, 4.69) is 0 Å². The number of hydrogen-bond donors (Lipinski definition) is 2. The minimum atomic E-state index is -0.500. The zero-order chi connectivity index (χ0) is 15.0. The Hall–Kier alpha value is -0.0800. The van der Waals surface area contributed by atoms with Gasteiger partial charge in [0, 0.05) is 0 Å². The summed E-state index contributed by atoms with van der Waals surface area (Å²) in [5.74, 6) is 0. The summed E-state index contributed by atoms with van der Waals surface area (Å²) in [7, 11) is 0. The Labute approximate surface area is 130 Å². The van der Waals surface area contributed by atoms with Crippen LogP contribution in [0, 0.1) is 10.8 Å². The molecule has 4 atom stereocenters. The molecule has 21 heavy (non-hydrogen) atoms. The van der Waals surface area contributed by atoms with Gasteiger partial charge in [-0.1, -0.05) is 51.4 Å². The molecule has 0 spiro atoms. The second-order valence-corrected chi connectivity index (χ2v) is 8.80. The fraction of sp³-hybridized carbons (Fsp3) is 1.00. The smallest absolute Gasteiger partial charge is 0.0630 e. The first-order chi connectivity index (χ1) is 9.97. The molecule has 3 aliphatic rings. The van der Waals surface area contributed by atoms with Gasteiger partial charge >= 0.3 is 0 Å². The summed E-state index contributed by atoms with van der Waals surface area (Å²) < 4.78 is 0. The Morgan fingerprint density at radius 2 is 1.10 bits per heavy atom. The van der Waals surface area contributed by atoms with Crippen molar-refractivity contribution in [1.82, 2.24) is 0 Å². The second kappa shape index (κ2) is 5.85. The Balaban J connectivity index is 1.83. The Morgan fingerprint density at radius 1 is 0.714 bits per heavy atom. The average molecular weight is 294 g/mol. The standard InChI is InChI=1S/C19H34O2/c1-17(21)14-18-10-8-6-4-2-3-5-7-9-11-19(18,15-17)13-16(20)12-18/h16,20-21H,2-15H2,1H3/t16?,17?,18-,19+. The first kappa shape index (κ1) is 15.8. The Kier molecular flexibility index (Phi) is 4.40. The number of aliphatic hydroxyl groups excluding tert-OH is 1. The van der Waals surface area contributed by atoms with E-state index in [1.807, 2.05) is 6.92 Å². The molecule has 0 saturated heterocycles. The van der Waals surface area contributed by atoms with Crippen molar-refractivity contribution in [1.29, 1.82) is 0 Å². The van der Waals surface area contributed by atoms with E-state index >= 15 is 0 Å². The number of rotatable bonds is 0. The summed E-state index contributed by atoms with van der Waals surface area (Å²) in [4.78, 5) is 0. The zero-order valence-electron chi connectivity index (χ0n) is 13.9. The van der Waals surface area contributed by atoms with E-state index in [1.54, 1.807) is 0 Å². The predicted octanol–water partition coefficient (Wildman–Crippen LogP) is 4.57. The van der Waals surface area contributed by atoms with Gasteiger partial charge in [-0.25, -0.2) is 0 Å². The average Bonchev–Trinajstić information content (AvgIpc) is 2.71. The molecule has 3 aliphatic carbocycles. The molecular formula is C19H34O2. The summed E-state index contributed by atoms with van der Waals surface area (Å²) in [6.45, 7) is 2.04. The van der Waals surface area contributed by atoms with Crippen molar-refractivity contribution in [3.05, 3.63) is 0 Å². The Bertz CT molecular complexity index is 333. The minimum absolute atomic E-state index is 0.119. The van der Waals surface area contributed by atoms with Gasteiger partial charge in [-0.3, -0.25) is 0 Å². The van der Waals surface area contributed by atoms with Crippen LogP contribution in [0.25, 0.3) is 0 Å². The summed E-state index contributed by atoms with van der Waals surface area (Å²) in [6, 6.07) is 0. The SMILES string of the molecule is CC1(O)C[C@@]23CCCCCCCCCC[C@@]2(CC(O)C3)C1. The topological polar surface area (TPSA) is 40.5 Å². The van der Waals surface area contributed by atoms with Gasteiger partial charge in [-0.15, -0.1) is 0 Å². The van der Waals surface area contributed by atoms with Crippen molar-refractivity contribution in [2.45, 2.75) is 109 Å². The molecule has 122 valence electrons. The third-order valence-corrected chi connectivity index (χ3v) is 6.88. The highest BCUT2D eigenvalue weighted by atomic mass is 16.3. The molecule has 0 bridgehead atoms. The molecule has 0 heterocycles. The van der Waals surface area contributed by atoms with Crippen LogP contribution in [0.1, 0.15) is 96.8 Å². The van der Waals surface area contributed by atoms with E-state index in [1.165, 1.54) is 64.2 Å². The lowest BCUT2D eigenvalue weighted by atomic mass is 9.63. The highest BCUT2D eigenvalue weighted by Crippen LogP contribution is 2.69. The summed E-state index contributed by atoms with van der Waals surface area (Å²) >= 11 is 0. The third-order valence-electron chi connectivity index (χ3n) is 6.88. The van der Waals surface area contributed by atoms with Gasteiger partial charge < -0.3 is 10.2 Å². The molecule has 2 N–H and O–H groups in total. The zero-order valence-corrected chi connectivity index (χ0v) is 13.9. The van der Waals surface area contributed by atoms with Crippen LogP contribution in [0.4, 0.5) is 0 Å². The van der Waals surface area contributed by atoms with E-state index in [0.29, 0.717) is 0 Å². The molecule has 3 rings (SSSR count). The largest absolute Gasteiger partial charge is 0.393 e. The van der Waals surface area contributed by atoms with Crippen molar-refractivity contribution < 1.29 is 10.2 Å². The molecular weight excluding hydrogens is 260 g/mol. The molecule has 3 saturated carbocycles. The molecule has 0 aromatic rings. The van der Waals surface area contributed by atoms with Gasteiger partial charge in [-0.2, -0.15) is 0 Å². The molecule has 0 aliphatic heterocycles. The molecule has 0 amide bonds. The van der Waals surface area contributed by atoms with Crippen molar-refractivity contribution in [3.8, 4) is 0 Å². The quantitative estimate of drug-likeness (QED) is 0.687. The van der Waals surface area contributed by atoms with Crippen LogP contribution >= 0.6 is 0 Å². The maximum absolute atomic E-state index is 10.8. The monoisotopic (exact) mass is 294 g/mol. The van der Waals surface area contributed by atoms with Gasteiger partial charge in [0.2, 0.25) is 0 Å². The van der Waals surface area contributed by atoms with Gasteiger partial charge in [0.25, 0.3) is 0 Å². The minimum Gasteiger partial charge on any atom is -0.393 e. The van der Waals surface area contributed by atoms with Crippen molar-refractivity contribution >= 4 is 0 Å². The molecule has 0 aromatic carbocycles. The normalized spacial score (nSPS) is 49.0. The van der Waals surface area contributed by atoms with Crippen molar-refractivity contribution in [2.24, 2.45) is 10.8 Å². The lowest BCUT2D eigenvalue weighted by molar-refractivity contribution is 0.0368. The molecule has 0 aromatic heterocycles. The lowest BCUT2D eigenvalue weighted by Crippen LogP contribution is -2.32. The van der Waals surface area contributed by atoms with Crippen molar-refractivity contribution in [3.63, 3.8) is 0 Å². The van der Waals surface area contributed by atoms with Crippen LogP contribution in [-0.2, 0) is 0 Å². The van der Waals surface area contributed by atoms with E-state index in [9.17, 15) is 10.2 Å². The van der Waals surface area contributed by atoms with Crippen LogP contribution in [0.5, 0.6) is 0 Å². The molecule has 0 radical (unpaired) electrons. The number of aliphatic hydroxyl groups is 2. The third kappa shape index (κ3) is 3.03. The molecule has 2 unspecified atom stereocenters. The first-order valence-electron chi connectivity index (χ1n) is 9.38. The molecule has 2 nitrogen and oxygen atoms in total. The highest BCUT2D eigenvalue weighted by molar-refractivity contribution is 5.15. The van der Waals surface area contributed by atoms with Crippen LogP contribution < -0.4 is 0 Å². The van der Waals surface area contributed by atoms with Crippen LogP contribution in [-0.4, -0.2) is 21.9 Å². The molecule has 3 fully saturated rings. The van der Waals surface area contributed by atoms with Crippen molar-refractivity contribution in [2.75, 3.05) is 0 Å². The van der Waals surface area contributed by atoms with E-state index in [-0.39, 0.29) is 16.9 Å². The summed E-state index contributed by atoms with van der Waals surface area (Å²) in [5.41, 5.74) is -0.0372. The van der Waals surface area contributed by atoms with Gasteiger partial charge in [0.15, 0.2) is 0 Å². The van der Waals surface area contributed by atoms with Gasteiger partial charge in [0.1, 0.15) is 0 Å². The van der Waals surface area contributed by atoms with E-state index in [4.69, 9.17) is 0 Å². The molecule has 2 heteroatoms. The first-order valence-corrected chi connectivity index (χ1v) is 9.38. The summed E-state index contributed by atoms with van der Waals surface area (Å²) in [5, 5.41) is 21.1. The van der Waals surface area contributed by atoms with Gasteiger partial charge in [-0.05, 0) is 56.3 Å². The van der Waals surface area contributed by atoms with Crippen LogP contribution in [0.15, 0.2) is 0 Å². The second-order valence-electron chi connectivity index (χ2n) is 8.80. The fourth-order valence-corrected chi connectivity index (χ4v) is 6.35. The summed E-state index contributed by atoms with van der Waals surface area (Å²) in [6.07, 6.45) is 16.9.